The maximum atomic E-state index is 12.1. The summed E-state index contributed by atoms with van der Waals surface area (Å²) in [5.74, 6) is 0.369. The summed E-state index contributed by atoms with van der Waals surface area (Å²) in [5, 5.41) is 0.605. The van der Waals surface area contributed by atoms with Crippen LogP contribution in [-0.4, -0.2) is 146 Å². The van der Waals surface area contributed by atoms with E-state index in [0.29, 0.717) is 52.4 Å². The zero-order chi connectivity index (χ0) is 94.3. The number of imide groups is 1. The number of pyridine rings is 18. The van der Waals surface area contributed by atoms with Gasteiger partial charge in [0.05, 0.1) is 115 Å². The maximum Gasteiger partial charge on any atom is 0.333 e. The number of rotatable bonds is 32. The molecule has 0 aromatic carbocycles. The van der Waals surface area contributed by atoms with E-state index in [-0.39, 0.29) is 104 Å². The molecular weight excluding hydrogens is 2020 g/mol. The van der Waals surface area contributed by atoms with Gasteiger partial charge in [-0.15, -0.1) is 5.06 Å². The third kappa shape index (κ3) is 36.9. The third-order valence-electron chi connectivity index (χ3n) is 20.2. The third-order valence-corrected chi connectivity index (χ3v) is 20.2. The largest absolute Gasteiger partial charge is 0.493 e. The van der Waals surface area contributed by atoms with E-state index in [4.69, 9.17) is 23.8 Å². The number of ether oxygens (including phenoxy) is 4. The van der Waals surface area contributed by atoms with E-state index < -0.39 is 23.2 Å². The van der Waals surface area contributed by atoms with Crippen LogP contribution < -0.4 is 14.2 Å². The normalized spacial score (nSPS) is 10.8. The number of aromatic nitrogens is 18. The van der Waals surface area contributed by atoms with Crippen LogP contribution >= 0.6 is 0 Å². The second-order valence-electron chi connectivity index (χ2n) is 30.4. The molecule has 19 heterocycles. The Morgan fingerprint density at radius 3 is 0.614 bits per heavy atom. The van der Waals surface area contributed by atoms with Gasteiger partial charge in [-0.25, -0.2) is 4.79 Å². The zero-order valence-electron chi connectivity index (χ0n) is 76.5. The topological polar surface area (TPSA) is 333 Å². The van der Waals surface area contributed by atoms with Gasteiger partial charge in [0.1, 0.15) is 37.1 Å². The van der Waals surface area contributed by atoms with Crippen molar-refractivity contribution in [2.45, 2.75) is 70.6 Å². The molecule has 2 amide bonds. The molecule has 18 aromatic rings. The van der Waals surface area contributed by atoms with Gasteiger partial charge < -0.3 is 23.8 Å². The fraction of sp³-hybridized carbons (Fsp3) is 0.155. The number of carbonyl (C=O) groups excluding carboxylic acids is 3. The number of carbonyl (C=O) groups is 3. The van der Waals surface area contributed by atoms with Crippen molar-refractivity contribution < 1.29 is 96.6 Å². The summed E-state index contributed by atoms with van der Waals surface area (Å²) in [6, 6.07) is 97.7. The Labute approximate surface area is 852 Å². The molecule has 0 unspecified atom stereocenters. The first-order valence-electron chi connectivity index (χ1n) is 44.8. The first-order valence-corrected chi connectivity index (χ1v) is 44.8. The van der Waals surface area contributed by atoms with Crippen LogP contribution in [0.15, 0.2) is 421 Å². The fourth-order valence-corrected chi connectivity index (χ4v) is 13.2. The number of hydrogen-bond acceptors (Lipinski definition) is 26. The Kier molecular flexibility index (Phi) is 46.9. The summed E-state index contributed by atoms with van der Waals surface area (Å²) < 4.78 is 26.3. The predicted molar refractivity (Wildman–Crippen MR) is 526 cm³/mol. The maximum absolute atomic E-state index is 12.1. The van der Waals surface area contributed by atoms with E-state index in [0.717, 1.165) is 130 Å². The van der Waals surface area contributed by atoms with Gasteiger partial charge in [0, 0.05) is 214 Å². The minimum absolute atomic E-state index is 0. The van der Waals surface area contributed by atoms with E-state index in [1.165, 1.54) is 0 Å². The number of unbranched alkanes of at least 4 members (excludes halogenated alkanes) is 7. The molecule has 1 aliphatic rings. The first kappa shape index (κ1) is 107. The van der Waals surface area contributed by atoms with Gasteiger partial charge in [-0.05, 0) is 213 Å². The molecule has 0 atom stereocenters. The summed E-state index contributed by atoms with van der Waals surface area (Å²) in [6.07, 6.45) is 39.4. The fourth-order valence-electron chi connectivity index (χ4n) is 13.2. The number of hydrogen-bond donors (Lipinski definition) is 0. The quantitative estimate of drug-likeness (QED) is 0.0215. The van der Waals surface area contributed by atoms with E-state index in [2.05, 4.69) is 89.7 Å². The van der Waals surface area contributed by atoms with Crippen LogP contribution in [0.1, 0.15) is 70.6 Å². The van der Waals surface area contributed by atoms with Gasteiger partial charge in [-0.1, -0.05) is 130 Å². The average Bonchev–Trinajstić information content (AvgIpc) is 0.994. The molecule has 1 fully saturated rings. The van der Waals surface area contributed by atoms with Crippen LogP contribution in [0.5, 0.6) is 17.2 Å². The van der Waals surface area contributed by atoms with Crippen LogP contribution in [0.25, 0.3) is 102 Å². The van der Waals surface area contributed by atoms with E-state index in [1.807, 2.05) is 309 Å². The van der Waals surface area contributed by atoms with Crippen molar-refractivity contribution in [3.05, 3.63) is 421 Å². The van der Waals surface area contributed by atoms with Crippen molar-refractivity contribution in [3.8, 4) is 120 Å². The van der Waals surface area contributed by atoms with E-state index in [1.54, 1.807) is 112 Å². The molecular formula is C110H101N19O8Ru3. The van der Waals surface area contributed by atoms with Crippen LogP contribution in [0.3, 0.4) is 0 Å². The van der Waals surface area contributed by atoms with Gasteiger partial charge in [-0.2, -0.15) is 0 Å². The van der Waals surface area contributed by atoms with Gasteiger partial charge in [0.2, 0.25) is 0 Å². The van der Waals surface area contributed by atoms with Crippen LogP contribution in [-0.2, 0) is 82.4 Å². The standard InChI is InChI=1S/C50H53N7O8.6C10H8N2.3Ru/c58-47-19-20-48(59)57(47)65-49(60)18-7-5-3-1-2-4-6-14-30-61-34-50(35-62-38-21-27-54-44(31-38)41-15-8-11-24-51-41,36-63-39-22-28-55-45(32-39)42-16-9-12-25-52-42)37-64-40-23-29-56-46(33-40)43-17-10-13-26-53-43;6*1-3-7-11-9(5-1)10-6-2-4-8-12-10;;;/h8-13,15-17,21-29,31-33H,1-7,14,18-20,30,34-37H2;6*1-8H;;;. The molecule has 0 bridgehead atoms. The van der Waals surface area contributed by atoms with E-state index in [9.17, 15) is 14.4 Å². The molecule has 1 aliphatic heterocycles. The molecule has 18 aromatic heterocycles. The Balaban J connectivity index is 0.000000211. The van der Waals surface area contributed by atoms with Crippen molar-refractivity contribution in [2.24, 2.45) is 5.41 Å². The van der Waals surface area contributed by atoms with Gasteiger partial charge in [0.25, 0.3) is 11.8 Å². The van der Waals surface area contributed by atoms with Gasteiger partial charge in [-0.3, -0.25) is 99.3 Å². The Morgan fingerprint density at radius 2 is 0.414 bits per heavy atom. The van der Waals surface area contributed by atoms with Gasteiger partial charge >= 0.3 is 5.97 Å². The van der Waals surface area contributed by atoms with E-state index >= 15 is 0 Å². The van der Waals surface area contributed by atoms with Crippen LogP contribution in [0, 0.1) is 5.41 Å². The number of hydroxylamine groups is 2. The second-order valence-corrected chi connectivity index (χ2v) is 30.4. The summed E-state index contributed by atoms with van der Waals surface area (Å²) in [4.78, 5) is 118. The summed E-state index contributed by atoms with van der Waals surface area (Å²) in [6.45, 7) is 1.34. The van der Waals surface area contributed by atoms with Crippen LogP contribution in [0.2, 0.25) is 0 Å². The summed E-state index contributed by atoms with van der Waals surface area (Å²) in [7, 11) is 0. The average molecular weight is 2120 g/mol. The number of nitrogens with zero attached hydrogens (tertiary/aromatic N) is 19. The zero-order valence-corrected chi connectivity index (χ0v) is 81.7. The molecule has 27 nitrogen and oxygen atoms in total. The van der Waals surface area contributed by atoms with Crippen molar-refractivity contribution in [1.82, 2.24) is 94.8 Å². The first-order chi connectivity index (χ1) is 67.7. The molecule has 0 N–H and O–H groups in total. The molecule has 30 heteroatoms. The van der Waals surface area contributed by atoms with Gasteiger partial charge in [0.15, 0.2) is 0 Å². The molecule has 1 saturated heterocycles. The molecule has 0 saturated carbocycles. The smallest absolute Gasteiger partial charge is 0.333 e. The van der Waals surface area contributed by atoms with Crippen molar-refractivity contribution in [2.75, 3.05) is 33.0 Å². The Hall–Kier alpha value is -15.5. The molecule has 0 aliphatic carbocycles. The molecule has 708 valence electrons. The summed E-state index contributed by atoms with van der Waals surface area (Å²) >= 11 is 0. The molecule has 0 radical (unpaired) electrons. The van der Waals surface area contributed by atoms with Crippen molar-refractivity contribution in [1.29, 1.82) is 0 Å². The Morgan fingerprint density at radius 1 is 0.229 bits per heavy atom. The minimum atomic E-state index is -0.816. The Bertz CT molecular complexity index is 5420. The number of amides is 2. The van der Waals surface area contributed by atoms with Crippen molar-refractivity contribution in [3.63, 3.8) is 0 Å². The monoisotopic (exact) mass is 2120 g/mol. The molecule has 19 rings (SSSR count). The predicted octanol–water partition coefficient (Wildman–Crippen LogP) is 21.6. The second kappa shape index (κ2) is 61.6. The molecule has 0 spiro atoms. The summed E-state index contributed by atoms with van der Waals surface area (Å²) in [5.41, 5.74) is 14.4. The van der Waals surface area contributed by atoms with Crippen LogP contribution in [0.4, 0.5) is 0 Å². The minimum Gasteiger partial charge on any atom is -0.493 e. The van der Waals surface area contributed by atoms with Crippen molar-refractivity contribution >= 4 is 17.8 Å². The molecule has 140 heavy (non-hydrogen) atoms. The SMILES string of the molecule is O=C(CCCCCCCCCCOCC(COc1ccnc(-c2ccccn2)c1)(COc1ccnc(-c2ccccn2)c1)COc1ccnc(-c2ccccn2)c1)ON1C(=O)CCC1=O.[Ru].[Ru].[Ru].c1ccc(-c2ccccn2)nc1.c1ccc(-c2ccccn2)nc1.c1ccc(-c2ccccn2)nc1.c1ccc(-c2ccccn2)nc1.c1ccc(-c2ccccn2)nc1.c1ccc(-c2ccccn2)nc1.